The molecule has 0 unspecified atom stereocenters. The fourth-order valence-corrected chi connectivity index (χ4v) is 3.08. The minimum Gasteiger partial charge on any atom is -0.497 e. The number of aliphatic imine (C=N–C) groups is 1. The number of aromatic nitrogens is 1. The van der Waals surface area contributed by atoms with Crippen LogP contribution in [-0.4, -0.2) is 56.9 Å². The number of fused-ring (bicyclic) bond motifs is 1. The molecule has 162 valence electrons. The van der Waals surface area contributed by atoms with Gasteiger partial charge >= 0.3 is 0 Å². The van der Waals surface area contributed by atoms with Crippen molar-refractivity contribution in [3.63, 3.8) is 0 Å². The first kappa shape index (κ1) is 22.9. The van der Waals surface area contributed by atoms with Crippen molar-refractivity contribution in [3.8, 4) is 11.5 Å². The lowest BCUT2D eigenvalue weighted by Crippen LogP contribution is -2.44. The van der Waals surface area contributed by atoms with E-state index in [9.17, 15) is 0 Å². The van der Waals surface area contributed by atoms with E-state index in [1.165, 1.54) is 5.69 Å². The van der Waals surface area contributed by atoms with E-state index < -0.39 is 0 Å². The van der Waals surface area contributed by atoms with Gasteiger partial charge in [0.1, 0.15) is 11.5 Å². The van der Waals surface area contributed by atoms with E-state index >= 15 is 0 Å². The van der Waals surface area contributed by atoms with E-state index in [0.29, 0.717) is 0 Å². The smallest absolute Gasteiger partial charge is 0.191 e. The summed E-state index contributed by atoms with van der Waals surface area (Å²) in [5.41, 5.74) is 2.33. The second kappa shape index (κ2) is 11.0. The van der Waals surface area contributed by atoms with E-state index in [4.69, 9.17) is 9.47 Å². The van der Waals surface area contributed by atoms with Crippen molar-refractivity contribution in [2.75, 3.05) is 40.4 Å². The SMILES string of the molecule is CCNC(=NCCCc1cc2c(OC)cc(OC)cc2[nH]1)NCCNC(C)(C)C. The lowest BCUT2D eigenvalue weighted by Gasteiger charge is -2.21. The van der Waals surface area contributed by atoms with E-state index in [0.717, 1.165) is 67.4 Å². The van der Waals surface area contributed by atoms with Gasteiger partial charge in [0.2, 0.25) is 0 Å². The standard InChI is InChI=1S/C22H37N5O2/c1-7-23-21(25-11-12-26-22(2,3)4)24-10-8-9-16-13-18-19(27-16)14-17(28-5)15-20(18)29-6/h13-15,26-27H,7-12H2,1-6H3,(H2,23,24,25). The van der Waals surface area contributed by atoms with Gasteiger partial charge in [-0.3, -0.25) is 4.99 Å². The molecule has 7 nitrogen and oxygen atoms in total. The van der Waals surface area contributed by atoms with E-state index in [1.54, 1.807) is 14.2 Å². The Morgan fingerprint density at radius 1 is 1.07 bits per heavy atom. The highest BCUT2D eigenvalue weighted by molar-refractivity contribution is 5.88. The molecule has 4 N–H and O–H groups in total. The van der Waals surface area contributed by atoms with Crippen molar-refractivity contribution in [2.45, 2.75) is 46.1 Å². The molecule has 0 bridgehead atoms. The van der Waals surface area contributed by atoms with Crippen molar-refractivity contribution in [2.24, 2.45) is 4.99 Å². The summed E-state index contributed by atoms with van der Waals surface area (Å²) < 4.78 is 10.8. The summed E-state index contributed by atoms with van der Waals surface area (Å²) in [5, 5.41) is 11.2. The minimum absolute atomic E-state index is 0.128. The number of H-pyrrole nitrogens is 1. The van der Waals surface area contributed by atoms with Gasteiger partial charge in [-0.15, -0.1) is 0 Å². The predicted molar refractivity (Wildman–Crippen MR) is 121 cm³/mol. The maximum atomic E-state index is 5.49. The Labute approximate surface area is 174 Å². The molecule has 0 fully saturated rings. The third-order valence-corrected chi connectivity index (χ3v) is 4.48. The summed E-state index contributed by atoms with van der Waals surface area (Å²) in [6, 6.07) is 6.06. The molecule has 0 amide bonds. The lowest BCUT2D eigenvalue weighted by molar-refractivity contribution is 0.398. The topological polar surface area (TPSA) is 82.7 Å². The minimum atomic E-state index is 0.128. The van der Waals surface area contributed by atoms with Crippen LogP contribution in [0.15, 0.2) is 23.2 Å². The van der Waals surface area contributed by atoms with Crippen molar-refractivity contribution in [3.05, 3.63) is 23.9 Å². The predicted octanol–water partition coefficient (Wildman–Crippen LogP) is 3.06. The van der Waals surface area contributed by atoms with Gasteiger partial charge in [-0.25, -0.2) is 0 Å². The summed E-state index contributed by atoms with van der Waals surface area (Å²) >= 11 is 0. The molecule has 1 aromatic carbocycles. The van der Waals surface area contributed by atoms with E-state index in [2.05, 4.69) is 59.7 Å². The number of methoxy groups -OCH3 is 2. The maximum absolute atomic E-state index is 5.49. The molecular formula is C22H37N5O2. The van der Waals surface area contributed by atoms with Gasteiger partial charge < -0.3 is 30.4 Å². The fraction of sp³-hybridized carbons (Fsp3) is 0.591. The number of aryl methyl sites for hydroxylation is 1. The van der Waals surface area contributed by atoms with Gasteiger partial charge in [-0.05, 0) is 46.6 Å². The number of nitrogens with one attached hydrogen (secondary N) is 4. The van der Waals surface area contributed by atoms with Gasteiger partial charge in [-0.1, -0.05) is 0 Å². The fourth-order valence-electron chi connectivity index (χ4n) is 3.08. The van der Waals surface area contributed by atoms with Crippen molar-refractivity contribution < 1.29 is 9.47 Å². The zero-order valence-corrected chi connectivity index (χ0v) is 18.7. The number of ether oxygens (including phenoxy) is 2. The third-order valence-electron chi connectivity index (χ3n) is 4.48. The summed E-state index contributed by atoms with van der Waals surface area (Å²) in [5.74, 6) is 2.48. The Kier molecular flexibility index (Phi) is 8.64. The number of aromatic amines is 1. The molecule has 0 aliphatic carbocycles. The highest BCUT2D eigenvalue weighted by Gasteiger charge is 2.09. The average molecular weight is 404 g/mol. The van der Waals surface area contributed by atoms with Crippen LogP contribution in [0.25, 0.3) is 10.9 Å². The molecule has 1 aromatic heterocycles. The molecule has 0 saturated carbocycles. The van der Waals surface area contributed by atoms with Crippen LogP contribution in [0.5, 0.6) is 11.5 Å². The molecule has 2 rings (SSSR count). The van der Waals surface area contributed by atoms with Gasteiger partial charge in [0.05, 0.1) is 19.7 Å². The number of hydrogen-bond acceptors (Lipinski definition) is 4. The number of hydrogen-bond donors (Lipinski definition) is 4. The van der Waals surface area contributed by atoms with Crippen molar-refractivity contribution in [1.29, 1.82) is 0 Å². The largest absolute Gasteiger partial charge is 0.497 e. The van der Waals surface area contributed by atoms with E-state index in [1.807, 2.05) is 12.1 Å². The molecule has 7 heteroatoms. The number of guanidine groups is 1. The first-order chi connectivity index (χ1) is 13.9. The Hall–Kier alpha value is -2.41. The van der Waals surface area contributed by atoms with E-state index in [-0.39, 0.29) is 5.54 Å². The second-order valence-corrected chi connectivity index (χ2v) is 8.05. The third kappa shape index (κ3) is 7.49. The summed E-state index contributed by atoms with van der Waals surface area (Å²) in [6.45, 7) is 11.9. The van der Waals surface area contributed by atoms with Crippen LogP contribution < -0.4 is 25.4 Å². The molecule has 0 spiro atoms. The number of rotatable bonds is 10. The van der Waals surface area contributed by atoms with Gasteiger partial charge in [0.25, 0.3) is 0 Å². The van der Waals surface area contributed by atoms with Crippen LogP contribution in [0.3, 0.4) is 0 Å². The van der Waals surface area contributed by atoms with Crippen LogP contribution in [-0.2, 0) is 6.42 Å². The maximum Gasteiger partial charge on any atom is 0.191 e. The van der Waals surface area contributed by atoms with Gasteiger partial charge in [-0.2, -0.15) is 0 Å². The van der Waals surface area contributed by atoms with Crippen LogP contribution >= 0.6 is 0 Å². The Morgan fingerprint density at radius 3 is 2.52 bits per heavy atom. The Bertz CT molecular complexity index is 792. The van der Waals surface area contributed by atoms with Crippen molar-refractivity contribution in [1.82, 2.24) is 20.9 Å². The molecule has 2 aromatic rings. The van der Waals surface area contributed by atoms with Crippen LogP contribution in [0.1, 0.15) is 39.8 Å². The normalized spacial score (nSPS) is 12.3. The first-order valence-electron chi connectivity index (χ1n) is 10.4. The number of nitrogens with zero attached hydrogens (tertiary/aromatic N) is 1. The quantitative estimate of drug-likeness (QED) is 0.278. The summed E-state index contributed by atoms with van der Waals surface area (Å²) in [4.78, 5) is 8.15. The molecule has 0 aliphatic heterocycles. The Balaban J connectivity index is 1.88. The number of benzene rings is 1. The van der Waals surface area contributed by atoms with Crippen molar-refractivity contribution >= 4 is 16.9 Å². The van der Waals surface area contributed by atoms with Crippen LogP contribution in [0, 0.1) is 0 Å². The highest BCUT2D eigenvalue weighted by Crippen LogP contribution is 2.31. The summed E-state index contributed by atoms with van der Waals surface area (Å²) in [7, 11) is 3.35. The van der Waals surface area contributed by atoms with Crippen LogP contribution in [0.2, 0.25) is 0 Å². The van der Waals surface area contributed by atoms with Gasteiger partial charge in [0, 0.05) is 54.9 Å². The molecular weight excluding hydrogens is 366 g/mol. The average Bonchev–Trinajstić information content (AvgIpc) is 3.09. The van der Waals surface area contributed by atoms with Crippen LogP contribution in [0.4, 0.5) is 0 Å². The highest BCUT2D eigenvalue weighted by atomic mass is 16.5. The summed E-state index contributed by atoms with van der Waals surface area (Å²) in [6.07, 6.45) is 1.89. The molecule has 1 heterocycles. The zero-order chi connectivity index (χ0) is 21.3. The molecule has 29 heavy (non-hydrogen) atoms. The monoisotopic (exact) mass is 403 g/mol. The Morgan fingerprint density at radius 2 is 1.86 bits per heavy atom. The van der Waals surface area contributed by atoms with Gasteiger partial charge in [0.15, 0.2) is 5.96 Å². The first-order valence-corrected chi connectivity index (χ1v) is 10.4. The molecule has 0 aliphatic rings. The molecule has 0 saturated heterocycles. The second-order valence-electron chi connectivity index (χ2n) is 8.05. The lowest BCUT2D eigenvalue weighted by atomic mass is 10.1. The molecule has 0 radical (unpaired) electrons. The molecule has 0 atom stereocenters. The zero-order valence-electron chi connectivity index (χ0n) is 18.7.